The van der Waals surface area contributed by atoms with Crippen molar-refractivity contribution < 1.29 is 4.92 Å². The van der Waals surface area contributed by atoms with Gasteiger partial charge in [0.25, 0.3) is 5.69 Å². The number of aromatic amines is 1. The molecule has 0 aliphatic carbocycles. The average molecular weight is 455 g/mol. The van der Waals surface area contributed by atoms with Gasteiger partial charge in [-0.1, -0.05) is 23.2 Å². The summed E-state index contributed by atoms with van der Waals surface area (Å²) in [6.07, 6.45) is 7.91. The van der Waals surface area contributed by atoms with Gasteiger partial charge in [-0.2, -0.15) is 0 Å². The lowest BCUT2D eigenvalue weighted by molar-refractivity contribution is -0.385. The van der Waals surface area contributed by atoms with Gasteiger partial charge in [-0.05, 0) is 24.3 Å². The Hall–Kier alpha value is -3.56. The highest BCUT2D eigenvalue weighted by atomic mass is 35.5. The summed E-state index contributed by atoms with van der Waals surface area (Å²) in [6.45, 7) is 0.363. The van der Waals surface area contributed by atoms with E-state index in [2.05, 4.69) is 30.2 Å². The predicted molar refractivity (Wildman–Crippen MR) is 118 cm³/mol. The van der Waals surface area contributed by atoms with Crippen molar-refractivity contribution in [2.75, 3.05) is 11.9 Å². The van der Waals surface area contributed by atoms with Gasteiger partial charge in [0.05, 0.1) is 33.9 Å². The van der Waals surface area contributed by atoms with E-state index in [9.17, 15) is 10.1 Å². The Morgan fingerprint density at radius 3 is 2.65 bits per heavy atom. The molecule has 0 aliphatic heterocycles. The molecule has 0 unspecified atom stereocenters. The van der Waals surface area contributed by atoms with E-state index in [-0.39, 0.29) is 5.69 Å². The number of aromatic nitrogens is 5. The number of hydrogen-bond acceptors (Lipinski definition) is 7. The van der Waals surface area contributed by atoms with Gasteiger partial charge in [-0.3, -0.25) is 10.1 Å². The Morgan fingerprint density at radius 2 is 1.97 bits per heavy atom. The van der Waals surface area contributed by atoms with Crippen LogP contribution in [-0.4, -0.2) is 36.4 Å². The Balaban J connectivity index is 1.57. The number of nitrogens with zero attached hydrogens (tertiary/aromatic N) is 5. The molecule has 4 rings (SSSR count). The zero-order valence-electron chi connectivity index (χ0n) is 15.8. The fourth-order valence-corrected chi connectivity index (χ4v) is 3.32. The third kappa shape index (κ3) is 4.79. The molecule has 3 heterocycles. The van der Waals surface area contributed by atoms with E-state index in [1.807, 2.05) is 0 Å². The Morgan fingerprint density at radius 1 is 1.10 bits per heavy atom. The molecule has 4 aromatic rings. The molecule has 0 aliphatic rings. The molecule has 0 spiro atoms. The van der Waals surface area contributed by atoms with E-state index in [0.29, 0.717) is 39.5 Å². The SMILES string of the molecule is O=[N+]([O-])c1ccc(NC[CH]c2ncc(-c3cnc[nH]3)c(-c3ccc(Cl)cc3Cl)n2)nc1. The maximum atomic E-state index is 10.7. The maximum Gasteiger partial charge on any atom is 0.287 e. The highest BCUT2D eigenvalue weighted by Crippen LogP contribution is 2.35. The van der Waals surface area contributed by atoms with Crippen LogP contribution in [0.15, 0.2) is 55.2 Å². The van der Waals surface area contributed by atoms with Gasteiger partial charge in [-0.25, -0.2) is 19.9 Å². The van der Waals surface area contributed by atoms with Crippen molar-refractivity contribution in [2.24, 2.45) is 0 Å². The lowest BCUT2D eigenvalue weighted by atomic mass is 10.0. The molecule has 0 fully saturated rings. The highest BCUT2D eigenvalue weighted by Gasteiger charge is 2.16. The van der Waals surface area contributed by atoms with Crippen molar-refractivity contribution >= 4 is 34.7 Å². The third-order valence-corrected chi connectivity index (χ3v) is 4.86. The lowest BCUT2D eigenvalue weighted by Gasteiger charge is -2.11. The summed E-state index contributed by atoms with van der Waals surface area (Å²) < 4.78 is 0. The summed E-state index contributed by atoms with van der Waals surface area (Å²) in [5.41, 5.74) is 2.75. The molecule has 0 atom stereocenters. The maximum absolute atomic E-state index is 10.7. The topological polar surface area (TPSA) is 123 Å². The van der Waals surface area contributed by atoms with E-state index >= 15 is 0 Å². The van der Waals surface area contributed by atoms with E-state index in [4.69, 9.17) is 23.2 Å². The van der Waals surface area contributed by atoms with Gasteiger partial charge in [0.2, 0.25) is 0 Å². The Bertz CT molecular complexity index is 1210. The van der Waals surface area contributed by atoms with Crippen molar-refractivity contribution in [2.45, 2.75) is 0 Å². The Labute approximate surface area is 186 Å². The van der Waals surface area contributed by atoms with Crippen molar-refractivity contribution in [1.82, 2.24) is 24.9 Å². The van der Waals surface area contributed by atoms with Crippen LogP contribution in [0.5, 0.6) is 0 Å². The molecule has 155 valence electrons. The molecule has 1 aromatic carbocycles. The van der Waals surface area contributed by atoms with Crippen LogP contribution in [0.3, 0.4) is 0 Å². The zero-order chi connectivity index (χ0) is 21.8. The summed E-state index contributed by atoms with van der Waals surface area (Å²) in [5.74, 6) is 0.968. The van der Waals surface area contributed by atoms with Crippen LogP contribution in [0.25, 0.3) is 22.5 Å². The second-order valence-corrected chi connectivity index (χ2v) is 7.17. The molecule has 3 aromatic heterocycles. The van der Waals surface area contributed by atoms with Crippen LogP contribution < -0.4 is 5.32 Å². The minimum Gasteiger partial charge on any atom is -0.369 e. The average Bonchev–Trinajstić information content (AvgIpc) is 3.29. The number of pyridine rings is 1. The van der Waals surface area contributed by atoms with Gasteiger partial charge in [0.15, 0.2) is 0 Å². The first-order chi connectivity index (χ1) is 15.0. The monoisotopic (exact) mass is 454 g/mol. The second kappa shape index (κ2) is 9.07. The van der Waals surface area contributed by atoms with E-state index in [0.717, 1.165) is 11.3 Å². The molecule has 2 N–H and O–H groups in total. The van der Waals surface area contributed by atoms with Gasteiger partial charge in [0.1, 0.15) is 17.8 Å². The summed E-state index contributed by atoms with van der Waals surface area (Å²) in [5, 5.41) is 14.8. The molecule has 1 radical (unpaired) electrons. The normalized spacial score (nSPS) is 10.8. The standard InChI is InChI=1S/C20H14Cl2N7O2/c21-12-1-3-14(16(22)7-12)20-15(17-10-23-11-27-17)9-26-19(28-20)5-6-24-18-4-2-13(8-25-18)29(30)31/h1-5,7-11H,6H2,(H,23,27)(H,24,25). The number of halogens is 2. The molecular weight excluding hydrogens is 441 g/mol. The largest absolute Gasteiger partial charge is 0.369 e. The molecule has 11 heteroatoms. The van der Waals surface area contributed by atoms with Crippen LogP contribution in [0, 0.1) is 16.5 Å². The fourth-order valence-electron chi connectivity index (χ4n) is 2.83. The number of benzene rings is 1. The number of imidazole rings is 1. The minimum absolute atomic E-state index is 0.0725. The number of hydrogen-bond donors (Lipinski definition) is 2. The summed E-state index contributed by atoms with van der Waals surface area (Å²) in [7, 11) is 0. The van der Waals surface area contributed by atoms with Crippen molar-refractivity contribution in [1.29, 1.82) is 0 Å². The lowest BCUT2D eigenvalue weighted by Crippen LogP contribution is -2.08. The van der Waals surface area contributed by atoms with E-state index < -0.39 is 4.92 Å². The number of nitrogens with one attached hydrogen (secondary N) is 2. The fraction of sp³-hybridized carbons (Fsp3) is 0.0500. The number of rotatable bonds is 7. The molecule has 0 bridgehead atoms. The highest BCUT2D eigenvalue weighted by molar-refractivity contribution is 6.36. The van der Waals surface area contributed by atoms with Crippen LogP contribution in [-0.2, 0) is 0 Å². The predicted octanol–water partition coefficient (Wildman–Crippen LogP) is 4.81. The van der Waals surface area contributed by atoms with E-state index in [1.165, 1.54) is 18.3 Å². The molecule has 31 heavy (non-hydrogen) atoms. The quantitative estimate of drug-likeness (QED) is 0.303. The third-order valence-electron chi connectivity index (χ3n) is 4.31. The van der Waals surface area contributed by atoms with Gasteiger partial charge in [0, 0.05) is 41.4 Å². The number of H-pyrrole nitrogens is 1. The first-order valence-electron chi connectivity index (χ1n) is 9.00. The second-order valence-electron chi connectivity index (χ2n) is 6.32. The van der Waals surface area contributed by atoms with Gasteiger partial charge in [-0.15, -0.1) is 0 Å². The molecular formula is C20H14Cl2N7O2. The first kappa shape index (κ1) is 20.7. The van der Waals surface area contributed by atoms with Crippen LogP contribution >= 0.6 is 23.2 Å². The van der Waals surface area contributed by atoms with Crippen molar-refractivity contribution in [3.63, 3.8) is 0 Å². The summed E-state index contributed by atoms with van der Waals surface area (Å²) in [6, 6.07) is 8.11. The van der Waals surface area contributed by atoms with Crippen molar-refractivity contribution in [3.05, 3.63) is 87.7 Å². The Kier molecular flexibility index (Phi) is 6.06. The van der Waals surface area contributed by atoms with Crippen LogP contribution in [0.4, 0.5) is 11.5 Å². The number of nitro groups is 1. The molecule has 9 nitrogen and oxygen atoms in total. The van der Waals surface area contributed by atoms with Gasteiger partial charge >= 0.3 is 0 Å². The first-order valence-corrected chi connectivity index (χ1v) is 9.75. The minimum atomic E-state index is -0.499. The van der Waals surface area contributed by atoms with E-state index in [1.54, 1.807) is 43.3 Å². The number of anilines is 1. The molecule has 0 saturated heterocycles. The van der Waals surface area contributed by atoms with Crippen LogP contribution in [0.1, 0.15) is 5.82 Å². The zero-order valence-corrected chi connectivity index (χ0v) is 17.3. The summed E-state index contributed by atoms with van der Waals surface area (Å²) >= 11 is 12.5. The molecule has 0 saturated carbocycles. The van der Waals surface area contributed by atoms with Gasteiger partial charge < -0.3 is 10.3 Å². The molecule has 0 amide bonds. The van der Waals surface area contributed by atoms with Crippen LogP contribution in [0.2, 0.25) is 10.0 Å². The summed E-state index contributed by atoms with van der Waals surface area (Å²) in [4.78, 5) is 30.4. The smallest absolute Gasteiger partial charge is 0.287 e. The van der Waals surface area contributed by atoms with Crippen molar-refractivity contribution in [3.8, 4) is 22.5 Å².